The lowest BCUT2D eigenvalue weighted by atomic mass is 10.1. The SMILES string of the molecule is CN=C(NCc1nnc(C)n1C)N1CCSC(C(C)C)C1. The number of aliphatic imine (C=N–C) groups is 1. The van der Waals surface area contributed by atoms with Crippen LogP contribution in [0.15, 0.2) is 4.99 Å². The number of aromatic nitrogens is 3. The summed E-state index contributed by atoms with van der Waals surface area (Å²) in [6, 6.07) is 0. The van der Waals surface area contributed by atoms with Crippen LogP contribution < -0.4 is 5.32 Å². The van der Waals surface area contributed by atoms with Gasteiger partial charge < -0.3 is 14.8 Å². The molecule has 1 aromatic rings. The number of hydrogen-bond donors (Lipinski definition) is 1. The molecule has 1 unspecified atom stereocenters. The highest BCUT2D eigenvalue weighted by Gasteiger charge is 2.24. The second-order valence-corrected chi connectivity index (χ2v) is 7.07. The summed E-state index contributed by atoms with van der Waals surface area (Å²) in [5.41, 5.74) is 0. The second-order valence-electron chi connectivity index (χ2n) is 5.72. The first-order valence-electron chi connectivity index (χ1n) is 7.45. The molecule has 0 radical (unpaired) electrons. The van der Waals surface area contributed by atoms with E-state index in [0.29, 0.717) is 17.7 Å². The van der Waals surface area contributed by atoms with Crippen LogP contribution in [0.1, 0.15) is 25.5 Å². The Morgan fingerprint density at radius 3 is 2.81 bits per heavy atom. The second kappa shape index (κ2) is 7.15. The molecule has 2 heterocycles. The Labute approximate surface area is 131 Å². The summed E-state index contributed by atoms with van der Waals surface area (Å²) >= 11 is 2.07. The normalized spacial score (nSPS) is 20.2. The number of nitrogens with zero attached hydrogens (tertiary/aromatic N) is 5. The zero-order chi connectivity index (χ0) is 15.4. The van der Waals surface area contributed by atoms with Gasteiger partial charge in [-0.05, 0) is 12.8 Å². The lowest BCUT2D eigenvalue weighted by Gasteiger charge is -2.36. The molecule has 1 atom stereocenters. The summed E-state index contributed by atoms with van der Waals surface area (Å²) in [4.78, 5) is 6.77. The molecule has 6 nitrogen and oxygen atoms in total. The van der Waals surface area contributed by atoms with Crippen molar-refractivity contribution in [2.75, 3.05) is 25.9 Å². The largest absolute Gasteiger partial charge is 0.349 e. The zero-order valence-electron chi connectivity index (χ0n) is 13.6. The van der Waals surface area contributed by atoms with Gasteiger partial charge in [-0.15, -0.1) is 10.2 Å². The highest BCUT2D eigenvalue weighted by molar-refractivity contribution is 8.00. The van der Waals surface area contributed by atoms with E-state index in [1.165, 1.54) is 0 Å². The smallest absolute Gasteiger partial charge is 0.194 e. The molecule has 0 spiro atoms. The van der Waals surface area contributed by atoms with Gasteiger partial charge in [0.15, 0.2) is 11.8 Å². The van der Waals surface area contributed by atoms with Gasteiger partial charge in [0, 0.05) is 38.2 Å². The van der Waals surface area contributed by atoms with E-state index in [2.05, 4.69) is 51.0 Å². The van der Waals surface area contributed by atoms with Crippen molar-refractivity contribution in [3.8, 4) is 0 Å². The zero-order valence-corrected chi connectivity index (χ0v) is 14.4. The average molecular weight is 310 g/mol. The first-order valence-corrected chi connectivity index (χ1v) is 8.50. The molecule has 1 aliphatic rings. The van der Waals surface area contributed by atoms with Crippen molar-refractivity contribution in [1.82, 2.24) is 25.0 Å². The lowest BCUT2D eigenvalue weighted by Crippen LogP contribution is -2.48. The molecule has 7 heteroatoms. The van der Waals surface area contributed by atoms with Crippen LogP contribution in [-0.2, 0) is 13.6 Å². The van der Waals surface area contributed by atoms with Crippen molar-refractivity contribution < 1.29 is 0 Å². The number of nitrogens with one attached hydrogen (secondary N) is 1. The van der Waals surface area contributed by atoms with E-state index in [1.807, 2.05) is 25.6 Å². The highest BCUT2D eigenvalue weighted by Crippen LogP contribution is 2.24. The van der Waals surface area contributed by atoms with Crippen molar-refractivity contribution in [2.24, 2.45) is 18.0 Å². The Kier molecular flexibility index (Phi) is 5.50. The van der Waals surface area contributed by atoms with E-state index >= 15 is 0 Å². The van der Waals surface area contributed by atoms with Gasteiger partial charge in [-0.2, -0.15) is 11.8 Å². The Bertz CT molecular complexity index is 496. The van der Waals surface area contributed by atoms with Crippen LogP contribution in [-0.4, -0.2) is 56.8 Å². The van der Waals surface area contributed by atoms with Gasteiger partial charge in [-0.25, -0.2) is 0 Å². The third-order valence-electron chi connectivity index (χ3n) is 3.94. The number of aryl methyl sites for hydroxylation is 1. The molecule has 1 fully saturated rings. The predicted molar refractivity (Wildman–Crippen MR) is 88.6 cm³/mol. The summed E-state index contributed by atoms with van der Waals surface area (Å²) in [6.45, 7) is 9.30. The molecule has 2 rings (SSSR count). The molecule has 0 aromatic carbocycles. The Morgan fingerprint density at radius 1 is 1.48 bits per heavy atom. The maximum atomic E-state index is 4.42. The van der Waals surface area contributed by atoms with Crippen molar-refractivity contribution in [2.45, 2.75) is 32.6 Å². The van der Waals surface area contributed by atoms with Crippen molar-refractivity contribution >= 4 is 17.7 Å². The van der Waals surface area contributed by atoms with E-state index in [-0.39, 0.29) is 0 Å². The Morgan fingerprint density at radius 2 is 2.24 bits per heavy atom. The molecule has 1 aromatic heterocycles. The topological polar surface area (TPSA) is 58.3 Å². The highest BCUT2D eigenvalue weighted by atomic mass is 32.2. The fraction of sp³-hybridized carbons (Fsp3) is 0.786. The van der Waals surface area contributed by atoms with Gasteiger partial charge in [0.2, 0.25) is 0 Å². The molecule has 1 aliphatic heterocycles. The van der Waals surface area contributed by atoms with Gasteiger partial charge in [0.1, 0.15) is 5.82 Å². The molecular weight excluding hydrogens is 284 g/mol. The molecule has 1 saturated heterocycles. The van der Waals surface area contributed by atoms with E-state index < -0.39 is 0 Å². The van der Waals surface area contributed by atoms with Crippen LogP contribution in [0.25, 0.3) is 0 Å². The van der Waals surface area contributed by atoms with Crippen LogP contribution in [0.5, 0.6) is 0 Å². The monoisotopic (exact) mass is 310 g/mol. The lowest BCUT2D eigenvalue weighted by molar-refractivity contribution is 0.380. The Balaban J connectivity index is 1.95. The minimum Gasteiger partial charge on any atom is -0.349 e. The molecule has 0 amide bonds. The van der Waals surface area contributed by atoms with Gasteiger partial charge in [0.25, 0.3) is 0 Å². The van der Waals surface area contributed by atoms with Crippen LogP contribution in [0.2, 0.25) is 0 Å². The fourth-order valence-electron chi connectivity index (χ4n) is 2.37. The Hall–Kier alpha value is -1.24. The first kappa shape index (κ1) is 16.1. The predicted octanol–water partition coefficient (Wildman–Crippen LogP) is 1.27. The van der Waals surface area contributed by atoms with Crippen LogP contribution >= 0.6 is 11.8 Å². The molecular formula is C14H26N6S. The van der Waals surface area contributed by atoms with Gasteiger partial charge in [0.05, 0.1) is 6.54 Å². The third-order valence-corrected chi connectivity index (χ3v) is 5.48. The summed E-state index contributed by atoms with van der Waals surface area (Å²) in [5.74, 6) is 4.67. The average Bonchev–Trinajstić information content (AvgIpc) is 2.80. The fourth-order valence-corrected chi connectivity index (χ4v) is 3.67. The van der Waals surface area contributed by atoms with E-state index in [4.69, 9.17) is 0 Å². The number of hydrogen-bond acceptors (Lipinski definition) is 4. The summed E-state index contributed by atoms with van der Waals surface area (Å²) in [5, 5.41) is 12.4. The van der Waals surface area contributed by atoms with E-state index in [1.54, 1.807) is 0 Å². The van der Waals surface area contributed by atoms with Gasteiger partial charge in [-0.3, -0.25) is 4.99 Å². The van der Waals surface area contributed by atoms with E-state index in [0.717, 1.165) is 36.5 Å². The maximum Gasteiger partial charge on any atom is 0.194 e. The molecule has 0 saturated carbocycles. The quantitative estimate of drug-likeness (QED) is 0.673. The molecule has 118 valence electrons. The standard InChI is InChI=1S/C14H26N6S/c1-10(2)12-9-20(6-7-21-12)14(15-4)16-8-13-18-17-11(3)19(13)5/h10,12H,6-9H2,1-5H3,(H,15,16). The minimum atomic E-state index is 0.653. The summed E-state index contributed by atoms with van der Waals surface area (Å²) < 4.78 is 2.00. The summed E-state index contributed by atoms with van der Waals surface area (Å²) in [6.07, 6.45) is 0. The number of rotatable bonds is 3. The van der Waals surface area contributed by atoms with Crippen molar-refractivity contribution in [1.29, 1.82) is 0 Å². The number of thioether (sulfide) groups is 1. The van der Waals surface area contributed by atoms with Gasteiger partial charge >= 0.3 is 0 Å². The van der Waals surface area contributed by atoms with Crippen LogP contribution in [0, 0.1) is 12.8 Å². The van der Waals surface area contributed by atoms with Gasteiger partial charge in [-0.1, -0.05) is 13.8 Å². The van der Waals surface area contributed by atoms with Crippen LogP contribution in [0.3, 0.4) is 0 Å². The first-order chi connectivity index (χ1) is 10.0. The molecule has 0 bridgehead atoms. The van der Waals surface area contributed by atoms with Crippen molar-refractivity contribution in [3.05, 3.63) is 11.6 Å². The molecule has 21 heavy (non-hydrogen) atoms. The van der Waals surface area contributed by atoms with Crippen molar-refractivity contribution in [3.63, 3.8) is 0 Å². The molecule has 0 aliphatic carbocycles. The summed E-state index contributed by atoms with van der Waals surface area (Å²) in [7, 11) is 3.83. The van der Waals surface area contributed by atoms with E-state index in [9.17, 15) is 0 Å². The molecule has 1 N–H and O–H groups in total. The van der Waals surface area contributed by atoms with Crippen LogP contribution in [0.4, 0.5) is 0 Å². The number of guanidine groups is 1. The minimum absolute atomic E-state index is 0.653. The maximum absolute atomic E-state index is 4.42. The third kappa shape index (κ3) is 3.90.